The number of rotatable bonds is 1. The van der Waals surface area contributed by atoms with Gasteiger partial charge in [0, 0.05) is 16.4 Å². The van der Waals surface area contributed by atoms with Crippen molar-refractivity contribution >= 4 is 15.9 Å². The molecule has 0 amide bonds. The highest BCUT2D eigenvalue weighted by Crippen LogP contribution is 2.41. The van der Waals surface area contributed by atoms with Crippen LogP contribution in [-0.4, -0.2) is 6.61 Å². The first-order valence-corrected chi connectivity index (χ1v) is 7.81. The van der Waals surface area contributed by atoms with E-state index in [0.29, 0.717) is 12.0 Å². The lowest BCUT2D eigenvalue weighted by Gasteiger charge is -2.34. The van der Waals surface area contributed by atoms with Gasteiger partial charge in [-0.05, 0) is 35.2 Å². The van der Waals surface area contributed by atoms with Crippen molar-refractivity contribution in [2.24, 2.45) is 5.92 Å². The number of hydrogen-bond donors (Lipinski definition) is 1. The van der Waals surface area contributed by atoms with Gasteiger partial charge in [0.2, 0.25) is 0 Å². The van der Waals surface area contributed by atoms with Crippen LogP contribution in [0, 0.1) is 5.92 Å². The number of halogens is 1. The summed E-state index contributed by atoms with van der Waals surface area (Å²) < 4.78 is 7.12. The van der Waals surface area contributed by atoms with Crippen LogP contribution in [0.15, 0.2) is 53.0 Å². The Labute approximate surface area is 127 Å². The van der Waals surface area contributed by atoms with Gasteiger partial charge in [-0.2, -0.15) is 0 Å². The van der Waals surface area contributed by atoms with E-state index >= 15 is 0 Å². The van der Waals surface area contributed by atoms with E-state index in [1.807, 2.05) is 6.07 Å². The molecule has 3 atom stereocenters. The van der Waals surface area contributed by atoms with E-state index in [0.717, 1.165) is 17.5 Å². The Hall–Kier alpha value is -1.16. The number of hydrogen-bond acceptors (Lipinski definition) is 2. The minimum absolute atomic E-state index is 0.0140. The lowest BCUT2D eigenvalue weighted by atomic mass is 9.98. The summed E-state index contributed by atoms with van der Waals surface area (Å²) in [6.07, 6.45) is 1.11. The molecular weight excluding hydrogens is 314 g/mol. The fraction of sp³-hybridized carbons (Fsp3) is 0.294. The summed E-state index contributed by atoms with van der Waals surface area (Å²) in [6, 6.07) is 17.5. The molecule has 102 valence electrons. The minimum Gasteiger partial charge on any atom is -0.359 e. The Bertz CT molecular complexity index is 642. The molecule has 3 heteroatoms. The fourth-order valence-corrected chi connectivity index (χ4v) is 3.77. The fourth-order valence-electron chi connectivity index (χ4n) is 3.35. The lowest BCUT2D eigenvalue weighted by molar-refractivity contribution is -0.0494. The van der Waals surface area contributed by atoms with E-state index in [4.69, 9.17) is 4.74 Å². The molecule has 1 aliphatic carbocycles. The van der Waals surface area contributed by atoms with Crippen LogP contribution in [0.25, 0.3) is 0 Å². The maximum absolute atomic E-state index is 6.03. The second kappa shape index (κ2) is 4.99. The Morgan fingerprint density at radius 2 is 2.00 bits per heavy atom. The zero-order valence-electron chi connectivity index (χ0n) is 11.1. The van der Waals surface area contributed by atoms with Crippen molar-refractivity contribution in [1.29, 1.82) is 0 Å². The van der Waals surface area contributed by atoms with Gasteiger partial charge in [-0.3, -0.25) is 5.32 Å². The summed E-state index contributed by atoms with van der Waals surface area (Å²) in [5.74, 6) is 0.566. The van der Waals surface area contributed by atoms with E-state index in [1.165, 1.54) is 16.7 Å². The monoisotopic (exact) mass is 329 g/mol. The Morgan fingerprint density at radius 3 is 2.90 bits per heavy atom. The van der Waals surface area contributed by atoms with Crippen molar-refractivity contribution in [2.45, 2.75) is 18.7 Å². The van der Waals surface area contributed by atoms with Gasteiger partial charge >= 0.3 is 0 Å². The summed E-state index contributed by atoms with van der Waals surface area (Å²) in [5.41, 5.74) is 4.09. The van der Waals surface area contributed by atoms with Gasteiger partial charge in [-0.15, -0.1) is 0 Å². The molecule has 20 heavy (non-hydrogen) atoms. The van der Waals surface area contributed by atoms with Gasteiger partial charge in [0.25, 0.3) is 0 Å². The van der Waals surface area contributed by atoms with Crippen molar-refractivity contribution in [3.8, 4) is 0 Å². The molecule has 1 heterocycles. The van der Waals surface area contributed by atoms with E-state index in [9.17, 15) is 0 Å². The van der Waals surface area contributed by atoms with Crippen LogP contribution in [0.3, 0.4) is 0 Å². The highest BCUT2D eigenvalue weighted by molar-refractivity contribution is 9.10. The van der Waals surface area contributed by atoms with Crippen molar-refractivity contribution in [3.05, 3.63) is 69.7 Å². The quantitative estimate of drug-likeness (QED) is 0.854. The normalized spacial score (nSPS) is 27.9. The highest BCUT2D eigenvalue weighted by atomic mass is 79.9. The molecule has 1 N–H and O–H groups in total. The first kappa shape index (κ1) is 12.6. The second-order valence-electron chi connectivity index (χ2n) is 5.58. The van der Waals surface area contributed by atoms with Crippen LogP contribution in [0.2, 0.25) is 0 Å². The standard InChI is InChI=1S/C17H16BrNO/c18-14-6-3-5-12(9-14)17-19-16-13(10-20-17)8-11-4-1-2-7-15(11)16/h1-7,9,13,16-17,19H,8,10H2/t13-,16+,17+/m1/s1. The maximum Gasteiger partial charge on any atom is 0.134 e. The molecule has 2 nitrogen and oxygen atoms in total. The van der Waals surface area contributed by atoms with Gasteiger partial charge in [0.05, 0.1) is 6.61 Å². The third kappa shape index (κ3) is 2.10. The second-order valence-corrected chi connectivity index (χ2v) is 6.49. The first-order valence-electron chi connectivity index (χ1n) is 7.02. The highest BCUT2D eigenvalue weighted by Gasteiger charge is 2.37. The molecule has 2 aliphatic rings. The summed E-state index contributed by atoms with van der Waals surface area (Å²) in [7, 11) is 0. The van der Waals surface area contributed by atoms with Gasteiger partial charge in [0.1, 0.15) is 6.23 Å². The van der Waals surface area contributed by atoms with Gasteiger partial charge in [-0.25, -0.2) is 0 Å². The number of fused-ring (bicyclic) bond motifs is 3. The number of nitrogens with one attached hydrogen (secondary N) is 1. The molecule has 1 fully saturated rings. The van der Waals surface area contributed by atoms with Crippen molar-refractivity contribution in [2.75, 3.05) is 6.61 Å². The summed E-state index contributed by atoms with van der Waals surface area (Å²) in [6.45, 7) is 0.823. The van der Waals surface area contributed by atoms with E-state index < -0.39 is 0 Å². The molecule has 4 rings (SSSR count). The Kier molecular flexibility index (Phi) is 3.14. The topological polar surface area (TPSA) is 21.3 Å². The van der Waals surface area contributed by atoms with Crippen LogP contribution >= 0.6 is 15.9 Å². The lowest BCUT2D eigenvalue weighted by Crippen LogP contribution is -2.39. The van der Waals surface area contributed by atoms with E-state index in [2.05, 4.69) is 63.7 Å². The van der Waals surface area contributed by atoms with E-state index in [1.54, 1.807) is 0 Å². The van der Waals surface area contributed by atoms with Crippen LogP contribution in [0.1, 0.15) is 29.0 Å². The van der Waals surface area contributed by atoms with Gasteiger partial charge in [0.15, 0.2) is 0 Å². The zero-order chi connectivity index (χ0) is 13.5. The average molecular weight is 330 g/mol. The van der Waals surface area contributed by atoms with Crippen molar-refractivity contribution < 1.29 is 4.74 Å². The van der Waals surface area contributed by atoms with E-state index in [-0.39, 0.29) is 6.23 Å². The largest absolute Gasteiger partial charge is 0.359 e. The molecule has 1 aliphatic heterocycles. The summed E-state index contributed by atoms with van der Waals surface area (Å²) in [4.78, 5) is 0. The van der Waals surface area contributed by atoms with Crippen LogP contribution in [0.4, 0.5) is 0 Å². The average Bonchev–Trinajstić information content (AvgIpc) is 2.85. The van der Waals surface area contributed by atoms with Crippen LogP contribution < -0.4 is 5.32 Å². The third-order valence-electron chi connectivity index (χ3n) is 4.30. The van der Waals surface area contributed by atoms with Crippen LogP contribution in [0.5, 0.6) is 0 Å². The maximum atomic E-state index is 6.03. The number of ether oxygens (including phenoxy) is 1. The first-order chi connectivity index (χ1) is 9.81. The third-order valence-corrected chi connectivity index (χ3v) is 4.80. The summed E-state index contributed by atoms with van der Waals surface area (Å²) in [5, 5.41) is 3.67. The minimum atomic E-state index is -0.0140. The predicted molar refractivity (Wildman–Crippen MR) is 82.3 cm³/mol. The zero-order valence-corrected chi connectivity index (χ0v) is 12.6. The van der Waals surface area contributed by atoms with Crippen molar-refractivity contribution in [1.82, 2.24) is 5.32 Å². The molecule has 0 bridgehead atoms. The Morgan fingerprint density at radius 1 is 1.10 bits per heavy atom. The number of benzene rings is 2. The molecule has 0 aromatic heterocycles. The van der Waals surface area contributed by atoms with Gasteiger partial charge in [-0.1, -0.05) is 52.3 Å². The molecule has 2 aromatic rings. The molecule has 0 radical (unpaired) electrons. The van der Waals surface area contributed by atoms with Gasteiger partial charge < -0.3 is 4.74 Å². The molecule has 1 saturated heterocycles. The summed E-state index contributed by atoms with van der Waals surface area (Å²) >= 11 is 3.53. The van der Waals surface area contributed by atoms with Crippen molar-refractivity contribution in [3.63, 3.8) is 0 Å². The smallest absolute Gasteiger partial charge is 0.134 e. The SMILES string of the molecule is Brc1cccc([C@H]2N[C@@H]3c4ccccc4C[C@@H]3CO2)c1. The molecule has 0 saturated carbocycles. The molecule has 2 aromatic carbocycles. The Balaban J connectivity index is 1.63. The molecule has 0 spiro atoms. The molecular formula is C17H16BrNO. The van der Waals surface area contributed by atoms with Crippen LogP contribution in [-0.2, 0) is 11.2 Å². The molecule has 0 unspecified atom stereocenters. The predicted octanol–water partition coefficient (Wildman–Crippen LogP) is 3.98.